The van der Waals surface area contributed by atoms with Gasteiger partial charge in [0.05, 0.1) is 18.5 Å². The van der Waals surface area contributed by atoms with Gasteiger partial charge in [0.25, 0.3) is 0 Å². The number of thioether (sulfide) groups is 1. The highest BCUT2D eigenvalue weighted by molar-refractivity contribution is 7.98. The Hall–Kier alpha value is -4.04. The fourth-order valence-corrected chi connectivity index (χ4v) is 4.59. The molecule has 0 unspecified atom stereocenters. The number of nitrogens with zero attached hydrogens (tertiary/aromatic N) is 4. The van der Waals surface area contributed by atoms with E-state index in [4.69, 9.17) is 13.9 Å². The molecule has 0 atom stereocenters. The minimum Gasteiger partial charge on any atom is -0.454 e. The van der Waals surface area contributed by atoms with Crippen molar-refractivity contribution in [1.29, 1.82) is 0 Å². The Labute approximate surface area is 200 Å². The third kappa shape index (κ3) is 4.15. The van der Waals surface area contributed by atoms with Crippen LogP contribution in [0.3, 0.4) is 0 Å². The zero-order valence-corrected chi connectivity index (χ0v) is 18.9. The van der Waals surface area contributed by atoms with Crippen LogP contribution >= 0.6 is 11.8 Å². The Morgan fingerprint density at radius 2 is 1.59 bits per heavy atom. The topological polar surface area (TPSA) is 75.2 Å². The van der Waals surface area contributed by atoms with Gasteiger partial charge in [-0.2, -0.15) is 0 Å². The van der Waals surface area contributed by atoms with Gasteiger partial charge in [0, 0.05) is 11.1 Å². The maximum Gasteiger partial charge on any atom is 0.231 e. The normalized spacial score (nSPS) is 12.2. The zero-order valence-electron chi connectivity index (χ0n) is 18.1. The van der Waals surface area contributed by atoms with Gasteiger partial charge in [0.2, 0.25) is 12.7 Å². The summed E-state index contributed by atoms with van der Waals surface area (Å²) in [6.45, 7) is 0.847. The molecule has 0 saturated heterocycles. The molecule has 0 N–H and O–H groups in total. The van der Waals surface area contributed by atoms with E-state index >= 15 is 0 Å². The van der Waals surface area contributed by atoms with Gasteiger partial charge in [-0.05, 0) is 17.7 Å². The van der Waals surface area contributed by atoms with Crippen molar-refractivity contribution in [3.05, 3.63) is 96.5 Å². The van der Waals surface area contributed by atoms with Crippen LogP contribution in [0, 0.1) is 0 Å². The second-order valence-corrected chi connectivity index (χ2v) is 8.66. The first kappa shape index (κ1) is 20.6. The van der Waals surface area contributed by atoms with Crippen LogP contribution in [0.5, 0.6) is 11.5 Å². The molecule has 1 aliphatic rings. The summed E-state index contributed by atoms with van der Waals surface area (Å²) in [6, 6.07) is 26.0. The highest BCUT2D eigenvalue weighted by atomic mass is 32.2. The minimum absolute atomic E-state index is 0.253. The maximum absolute atomic E-state index is 5.97. The average molecular weight is 469 g/mol. The molecule has 0 saturated carbocycles. The predicted molar refractivity (Wildman–Crippen MR) is 129 cm³/mol. The largest absolute Gasteiger partial charge is 0.454 e. The van der Waals surface area contributed by atoms with Gasteiger partial charge >= 0.3 is 0 Å². The van der Waals surface area contributed by atoms with E-state index in [1.165, 1.54) is 0 Å². The number of benzene rings is 3. The average Bonchev–Trinajstić information content (AvgIpc) is 3.64. The Bertz CT molecular complexity index is 1420. The Morgan fingerprint density at radius 3 is 2.41 bits per heavy atom. The SMILES string of the molecule is c1ccc(-c2cnc(CSc3nnc(-c4ccccc4)n3Cc3ccc4c(c3)OCO4)o2)cc1. The molecule has 0 aliphatic carbocycles. The van der Waals surface area contributed by atoms with Crippen molar-refractivity contribution in [3.8, 4) is 34.2 Å². The van der Waals surface area contributed by atoms with Crippen LogP contribution in [0.15, 0.2) is 94.6 Å². The first-order valence-electron chi connectivity index (χ1n) is 10.8. The molecule has 34 heavy (non-hydrogen) atoms. The number of hydrogen-bond donors (Lipinski definition) is 0. The molecular formula is C26H20N4O3S. The molecule has 0 spiro atoms. The van der Waals surface area contributed by atoms with Crippen LogP contribution < -0.4 is 9.47 Å². The van der Waals surface area contributed by atoms with Crippen molar-refractivity contribution in [2.45, 2.75) is 17.5 Å². The van der Waals surface area contributed by atoms with Crippen LogP contribution in [-0.4, -0.2) is 26.5 Å². The van der Waals surface area contributed by atoms with Crippen LogP contribution in [0.25, 0.3) is 22.7 Å². The third-order valence-electron chi connectivity index (χ3n) is 5.46. The molecule has 0 fully saturated rings. The summed E-state index contributed by atoms with van der Waals surface area (Å²) in [4.78, 5) is 4.45. The number of oxazole rings is 1. The Kier molecular flexibility index (Phi) is 5.48. The molecule has 0 bridgehead atoms. The molecule has 0 amide bonds. The molecule has 0 radical (unpaired) electrons. The van der Waals surface area contributed by atoms with Crippen molar-refractivity contribution in [1.82, 2.24) is 19.7 Å². The number of hydrogen-bond acceptors (Lipinski definition) is 7. The molecule has 5 aromatic rings. The lowest BCUT2D eigenvalue weighted by Crippen LogP contribution is -2.04. The molecule has 7 nitrogen and oxygen atoms in total. The first-order valence-corrected chi connectivity index (χ1v) is 11.8. The summed E-state index contributed by atoms with van der Waals surface area (Å²) >= 11 is 1.55. The Balaban J connectivity index is 1.27. The van der Waals surface area contributed by atoms with Gasteiger partial charge in [0.15, 0.2) is 28.2 Å². The second-order valence-electron chi connectivity index (χ2n) is 7.72. The first-order chi connectivity index (χ1) is 16.8. The summed E-state index contributed by atoms with van der Waals surface area (Å²) in [5.74, 6) is 4.27. The molecule has 1 aliphatic heterocycles. The highest BCUT2D eigenvalue weighted by Gasteiger charge is 2.18. The van der Waals surface area contributed by atoms with E-state index in [0.717, 1.165) is 44.9 Å². The smallest absolute Gasteiger partial charge is 0.231 e. The number of rotatable bonds is 7. The van der Waals surface area contributed by atoms with Crippen LogP contribution in [0.2, 0.25) is 0 Å². The lowest BCUT2D eigenvalue weighted by atomic mass is 10.2. The monoisotopic (exact) mass is 468 g/mol. The van der Waals surface area contributed by atoms with Gasteiger partial charge in [-0.1, -0.05) is 78.5 Å². The highest BCUT2D eigenvalue weighted by Crippen LogP contribution is 2.34. The van der Waals surface area contributed by atoms with Crippen molar-refractivity contribution in [2.75, 3.05) is 6.79 Å². The summed E-state index contributed by atoms with van der Waals surface area (Å²) < 4.78 is 19.1. The van der Waals surface area contributed by atoms with Crippen molar-refractivity contribution in [3.63, 3.8) is 0 Å². The van der Waals surface area contributed by atoms with E-state index in [-0.39, 0.29) is 6.79 Å². The van der Waals surface area contributed by atoms with Gasteiger partial charge < -0.3 is 13.9 Å². The molecule has 8 heteroatoms. The number of ether oxygens (including phenoxy) is 2. The maximum atomic E-state index is 5.97. The van der Waals surface area contributed by atoms with E-state index in [1.54, 1.807) is 18.0 Å². The molecule has 6 rings (SSSR count). The van der Waals surface area contributed by atoms with Crippen LogP contribution in [-0.2, 0) is 12.3 Å². The zero-order chi connectivity index (χ0) is 22.7. The van der Waals surface area contributed by atoms with Crippen molar-refractivity contribution < 1.29 is 13.9 Å². The Morgan fingerprint density at radius 1 is 0.824 bits per heavy atom. The van der Waals surface area contributed by atoms with Crippen molar-refractivity contribution in [2.24, 2.45) is 0 Å². The van der Waals surface area contributed by atoms with Gasteiger partial charge in [-0.15, -0.1) is 10.2 Å². The molecule has 3 heterocycles. The van der Waals surface area contributed by atoms with E-state index < -0.39 is 0 Å². The summed E-state index contributed by atoms with van der Waals surface area (Å²) in [7, 11) is 0. The summed E-state index contributed by atoms with van der Waals surface area (Å²) in [5.41, 5.74) is 3.08. The fraction of sp³-hybridized carbons (Fsp3) is 0.115. The van der Waals surface area contributed by atoms with E-state index in [9.17, 15) is 0 Å². The molecular weight excluding hydrogens is 448 g/mol. The standard InChI is InChI=1S/C26H20N4O3S/c1-3-7-19(8-4-1)23-14-27-24(33-23)16-34-26-29-28-25(20-9-5-2-6-10-20)30(26)15-18-11-12-21-22(13-18)32-17-31-21/h1-14H,15-17H2. The van der Waals surface area contributed by atoms with Crippen LogP contribution in [0.1, 0.15) is 11.5 Å². The fourth-order valence-electron chi connectivity index (χ4n) is 3.80. The van der Waals surface area contributed by atoms with E-state index in [0.29, 0.717) is 18.2 Å². The minimum atomic E-state index is 0.253. The molecule has 3 aromatic carbocycles. The summed E-state index contributed by atoms with van der Waals surface area (Å²) in [6.07, 6.45) is 1.76. The predicted octanol–water partition coefficient (Wildman–Crippen LogP) is 5.67. The van der Waals surface area contributed by atoms with Gasteiger partial charge in [0.1, 0.15) is 0 Å². The quantitative estimate of drug-likeness (QED) is 0.285. The van der Waals surface area contributed by atoms with Crippen molar-refractivity contribution >= 4 is 11.8 Å². The second kappa shape index (κ2) is 9.07. The lowest BCUT2D eigenvalue weighted by Gasteiger charge is -2.11. The summed E-state index contributed by atoms with van der Waals surface area (Å²) in [5, 5.41) is 9.78. The third-order valence-corrected chi connectivity index (χ3v) is 6.41. The lowest BCUT2D eigenvalue weighted by molar-refractivity contribution is 0.174. The van der Waals surface area contributed by atoms with Gasteiger partial charge in [-0.3, -0.25) is 4.57 Å². The van der Waals surface area contributed by atoms with E-state index in [1.807, 2.05) is 78.9 Å². The molecule has 2 aromatic heterocycles. The van der Waals surface area contributed by atoms with Gasteiger partial charge in [-0.25, -0.2) is 4.98 Å². The van der Waals surface area contributed by atoms with E-state index in [2.05, 4.69) is 19.7 Å². The number of aromatic nitrogens is 4. The van der Waals surface area contributed by atoms with Crippen LogP contribution in [0.4, 0.5) is 0 Å². The number of fused-ring (bicyclic) bond motifs is 1. The molecule has 168 valence electrons.